The third-order valence-electron chi connectivity index (χ3n) is 1.17. The van der Waals surface area contributed by atoms with E-state index in [1.54, 1.807) is 0 Å². The van der Waals surface area contributed by atoms with Crippen LogP contribution in [0.25, 0.3) is 0 Å². The lowest BCUT2D eigenvalue weighted by atomic mass is 10.4. The van der Waals surface area contributed by atoms with Gasteiger partial charge in [-0.3, -0.25) is 9.32 Å². The van der Waals surface area contributed by atoms with Crippen LogP contribution in [-0.4, -0.2) is 41.2 Å². The minimum Gasteiger partial charge on any atom is -0.456 e. The molecular weight excluding hydrogens is 245 g/mol. The number of nitrogens with two attached hydrogens (primary N) is 1. The van der Waals surface area contributed by atoms with E-state index in [0.29, 0.717) is 0 Å². The van der Waals surface area contributed by atoms with E-state index in [9.17, 15) is 14.2 Å². The van der Waals surface area contributed by atoms with Crippen molar-refractivity contribution in [1.29, 1.82) is 0 Å². The Balaban J connectivity index is 4.15. The number of primary amides is 1. The Morgan fingerprint density at radius 3 is 2.31 bits per heavy atom. The van der Waals surface area contributed by atoms with E-state index in [2.05, 4.69) is 19.7 Å². The second-order valence-electron chi connectivity index (χ2n) is 2.65. The molecule has 16 heavy (non-hydrogen) atoms. The third-order valence-corrected chi connectivity index (χ3v) is 1.66. The van der Waals surface area contributed by atoms with Gasteiger partial charge < -0.3 is 25.0 Å². The summed E-state index contributed by atoms with van der Waals surface area (Å²) in [5.74, 6) is -0.715. The van der Waals surface area contributed by atoms with Crippen LogP contribution in [0, 0.1) is 0 Å². The Hall–Kier alpha value is -1.15. The first kappa shape index (κ1) is 14.8. The van der Waals surface area contributed by atoms with Gasteiger partial charge >= 0.3 is 19.9 Å². The van der Waals surface area contributed by atoms with Crippen molar-refractivity contribution in [2.45, 2.75) is 13.0 Å². The lowest BCUT2D eigenvalue weighted by molar-refractivity contribution is -0.150. The summed E-state index contributed by atoms with van der Waals surface area (Å²) in [5, 5.41) is 0. The zero-order valence-corrected chi connectivity index (χ0v) is 9.25. The standard InChI is InChI=1S/C6H12NO8P/c1-4(8)15-5(2-13-6(7)9)3-14-16(10,11)12/h5H,2-3H2,1H3,(H2,7,9)(H2,10,11,12). The van der Waals surface area contributed by atoms with Gasteiger partial charge in [-0.05, 0) is 0 Å². The fourth-order valence-electron chi connectivity index (χ4n) is 0.706. The van der Waals surface area contributed by atoms with E-state index >= 15 is 0 Å². The molecule has 0 aliphatic rings. The number of amides is 1. The normalized spacial score (nSPS) is 12.9. The van der Waals surface area contributed by atoms with Crippen LogP contribution in [0.1, 0.15) is 6.92 Å². The van der Waals surface area contributed by atoms with Crippen molar-refractivity contribution in [3.8, 4) is 0 Å². The molecule has 0 saturated carbocycles. The van der Waals surface area contributed by atoms with Crippen molar-refractivity contribution in [1.82, 2.24) is 0 Å². The molecule has 0 bridgehead atoms. The van der Waals surface area contributed by atoms with Crippen molar-refractivity contribution in [3.63, 3.8) is 0 Å². The van der Waals surface area contributed by atoms with E-state index in [1.807, 2.05) is 0 Å². The second kappa shape index (κ2) is 6.44. The molecule has 1 atom stereocenters. The highest BCUT2D eigenvalue weighted by molar-refractivity contribution is 7.46. The number of hydrogen-bond donors (Lipinski definition) is 3. The van der Waals surface area contributed by atoms with Crippen LogP contribution >= 0.6 is 7.82 Å². The van der Waals surface area contributed by atoms with Crippen molar-refractivity contribution in [2.24, 2.45) is 5.73 Å². The van der Waals surface area contributed by atoms with Crippen LogP contribution in [0.15, 0.2) is 0 Å². The first-order chi connectivity index (χ1) is 7.20. The molecule has 0 aliphatic heterocycles. The van der Waals surface area contributed by atoms with Gasteiger partial charge in [-0.25, -0.2) is 9.36 Å². The van der Waals surface area contributed by atoms with Gasteiger partial charge in [0.05, 0.1) is 6.61 Å². The molecule has 0 spiro atoms. The van der Waals surface area contributed by atoms with Gasteiger partial charge in [0.1, 0.15) is 6.61 Å². The Bertz CT molecular complexity index is 299. The van der Waals surface area contributed by atoms with Crippen LogP contribution in [0.5, 0.6) is 0 Å². The highest BCUT2D eigenvalue weighted by Crippen LogP contribution is 2.35. The summed E-state index contributed by atoms with van der Waals surface area (Å²) >= 11 is 0. The van der Waals surface area contributed by atoms with Crippen LogP contribution in [0.4, 0.5) is 4.79 Å². The number of ether oxygens (including phenoxy) is 2. The molecule has 0 radical (unpaired) electrons. The molecule has 1 amide bonds. The summed E-state index contributed by atoms with van der Waals surface area (Å²) < 4.78 is 23.3. The Kier molecular flexibility index (Phi) is 5.97. The second-order valence-corrected chi connectivity index (χ2v) is 3.89. The van der Waals surface area contributed by atoms with Crippen molar-refractivity contribution < 1.29 is 37.9 Å². The lowest BCUT2D eigenvalue weighted by Crippen LogP contribution is -2.30. The van der Waals surface area contributed by atoms with E-state index in [0.717, 1.165) is 6.92 Å². The topological polar surface area (TPSA) is 145 Å². The average Bonchev–Trinajstić information content (AvgIpc) is 2.07. The molecule has 0 aromatic heterocycles. The maximum Gasteiger partial charge on any atom is 0.469 e. The fraction of sp³-hybridized carbons (Fsp3) is 0.667. The van der Waals surface area contributed by atoms with Crippen LogP contribution < -0.4 is 5.73 Å². The number of phosphoric ester groups is 1. The number of carbonyl (C=O) groups is 2. The molecule has 0 aromatic rings. The summed E-state index contributed by atoms with van der Waals surface area (Å²) in [6, 6.07) is 0. The molecule has 0 aromatic carbocycles. The maximum atomic E-state index is 10.6. The predicted octanol–water partition coefficient (Wildman–Crippen LogP) is -0.877. The van der Waals surface area contributed by atoms with E-state index < -0.39 is 39.2 Å². The molecule has 0 aliphatic carbocycles. The van der Waals surface area contributed by atoms with E-state index in [1.165, 1.54) is 0 Å². The molecule has 0 fully saturated rings. The van der Waals surface area contributed by atoms with Crippen molar-refractivity contribution in [3.05, 3.63) is 0 Å². The molecule has 4 N–H and O–H groups in total. The van der Waals surface area contributed by atoms with Gasteiger partial charge in [0.2, 0.25) is 0 Å². The molecule has 0 rings (SSSR count). The highest BCUT2D eigenvalue weighted by Gasteiger charge is 2.21. The summed E-state index contributed by atoms with van der Waals surface area (Å²) in [6.45, 7) is 0.0147. The minimum absolute atomic E-state index is 0.449. The Morgan fingerprint density at radius 1 is 1.38 bits per heavy atom. The molecular formula is C6H12NO8P. The summed E-state index contributed by atoms with van der Waals surface area (Å²) in [7, 11) is -4.67. The van der Waals surface area contributed by atoms with Gasteiger partial charge in [0.25, 0.3) is 0 Å². The molecule has 94 valence electrons. The number of phosphoric acid groups is 1. The highest BCUT2D eigenvalue weighted by atomic mass is 31.2. The molecule has 0 heterocycles. The van der Waals surface area contributed by atoms with E-state index in [4.69, 9.17) is 9.79 Å². The Morgan fingerprint density at radius 2 is 1.94 bits per heavy atom. The van der Waals surface area contributed by atoms with Crippen LogP contribution in [-0.2, 0) is 23.4 Å². The number of carbonyl (C=O) groups excluding carboxylic acids is 2. The zero-order chi connectivity index (χ0) is 12.8. The summed E-state index contributed by atoms with van der Waals surface area (Å²) in [5.41, 5.74) is 4.66. The maximum absolute atomic E-state index is 10.6. The largest absolute Gasteiger partial charge is 0.469 e. The minimum atomic E-state index is -4.67. The van der Waals surface area contributed by atoms with Crippen molar-refractivity contribution in [2.75, 3.05) is 13.2 Å². The van der Waals surface area contributed by atoms with E-state index in [-0.39, 0.29) is 0 Å². The monoisotopic (exact) mass is 257 g/mol. The smallest absolute Gasteiger partial charge is 0.456 e. The quantitative estimate of drug-likeness (QED) is 0.410. The van der Waals surface area contributed by atoms with Gasteiger partial charge in [-0.15, -0.1) is 0 Å². The molecule has 10 heteroatoms. The van der Waals surface area contributed by atoms with Gasteiger partial charge in [-0.1, -0.05) is 0 Å². The average molecular weight is 257 g/mol. The third kappa shape index (κ3) is 9.41. The van der Waals surface area contributed by atoms with Crippen molar-refractivity contribution >= 4 is 19.9 Å². The summed E-state index contributed by atoms with van der Waals surface area (Å²) in [6.07, 6.45) is -2.23. The number of hydrogen-bond acceptors (Lipinski definition) is 6. The first-order valence-corrected chi connectivity index (χ1v) is 5.53. The lowest BCUT2D eigenvalue weighted by Gasteiger charge is -2.16. The predicted molar refractivity (Wildman–Crippen MR) is 49.1 cm³/mol. The van der Waals surface area contributed by atoms with Crippen LogP contribution in [0.3, 0.4) is 0 Å². The first-order valence-electron chi connectivity index (χ1n) is 4.00. The number of rotatable bonds is 6. The summed E-state index contributed by atoms with van der Waals surface area (Å²) in [4.78, 5) is 37.6. The van der Waals surface area contributed by atoms with Crippen LogP contribution in [0.2, 0.25) is 0 Å². The SMILES string of the molecule is CC(=O)OC(COC(N)=O)COP(=O)(O)O. The molecule has 9 nitrogen and oxygen atoms in total. The Labute approximate surface area is 90.7 Å². The van der Waals surface area contributed by atoms with Gasteiger partial charge in [0.15, 0.2) is 6.10 Å². The number of esters is 1. The molecule has 0 saturated heterocycles. The van der Waals surface area contributed by atoms with Gasteiger partial charge in [-0.2, -0.15) is 0 Å². The fourth-order valence-corrected chi connectivity index (χ4v) is 1.07. The van der Waals surface area contributed by atoms with Gasteiger partial charge in [0, 0.05) is 6.92 Å². The molecule has 1 unspecified atom stereocenters. The zero-order valence-electron chi connectivity index (χ0n) is 8.36.